The second-order valence-corrected chi connectivity index (χ2v) is 8.01. The lowest BCUT2D eigenvalue weighted by Gasteiger charge is -2.35. The number of guanidine groups is 1. The van der Waals surface area contributed by atoms with Crippen LogP contribution in [0, 0.1) is 6.92 Å². The van der Waals surface area contributed by atoms with Crippen LogP contribution in [0.3, 0.4) is 0 Å². The average Bonchev–Trinajstić information content (AvgIpc) is 3.13. The number of hydrogen-bond acceptors (Lipinski definition) is 4. The van der Waals surface area contributed by atoms with Gasteiger partial charge in [-0.1, -0.05) is 29.8 Å². The van der Waals surface area contributed by atoms with Gasteiger partial charge in [-0.25, -0.2) is 0 Å². The Labute approximate surface area is 176 Å². The fourth-order valence-corrected chi connectivity index (χ4v) is 4.15. The maximum absolute atomic E-state index is 12.6. The Morgan fingerprint density at radius 1 is 1.27 bits per heavy atom. The zero-order valence-electron chi connectivity index (χ0n) is 17.7. The van der Waals surface area contributed by atoms with Crippen LogP contribution in [0.15, 0.2) is 29.3 Å². The average molecular weight is 428 g/mol. The van der Waals surface area contributed by atoms with Crippen LogP contribution in [0.1, 0.15) is 23.6 Å². The third-order valence-electron chi connectivity index (χ3n) is 5.62. The zero-order valence-corrected chi connectivity index (χ0v) is 17.7. The molecule has 3 rings (SSSR count). The van der Waals surface area contributed by atoms with Crippen molar-refractivity contribution >= 4 is 5.96 Å². The summed E-state index contributed by atoms with van der Waals surface area (Å²) in [6.45, 7) is 5.84. The Morgan fingerprint density at radius 2 is 2.03 bits per heavy atom. The number of morpholine rings is 1. The van der Waals surface area contributed by atoms with Gasteiger partial charge < -0.3 is 15.4 Å². The van der Waals surface area contributed by atoms with E-state index in [4.69, 9.17) is 4.74 Å². The summed E-state index contributed by atoms with van der Waals surface area (Å²) in [5.74, 6) is 0.625. The number of likely N-dealkylation sites (tertiary alicyclic amines) is 1. The normalized spacial score (nSPS) is 22.8. The van der Waals surface area contributed by atoms with Crippen molar-refractivity contribution in [2.45, 2.75) is 31.6 Å². The first-order valence-corrected chi connectivity index (χ1v) is 10.5. The first-order chi connectivity index (χ1) is 14.3. The van der Waals surface area contributed by atoms with Gasteiger partial charge in [0.2, 0.25) is 0 Å². The van der Waals surface area contributed by atoms with E-state index in [0.717, 1.165) is 13.1 Å². The molecule has 0 aromatic heterocycles. The predicted molar refractivity (Wildman–Crippen MR) is 112 cm³/mol. The summed E-state index contributed by atoms with van der Waals surface area (Å²) in [6.07, 6.45) is -3.49. The molecule has 0 radical (unpaired) electrons. The van der Waals surface area contributed by atoms with Crippen molar-refractivity contribution in [2.24, 2.45) is 4.99 Å². The van der Waals surface area contributed by atoms with Crippen LogP contribution < -0.4 is 10.6 Å². The SMILES string of the molecule is CN=C(NCC(c1cccc(C)c1)N1CCOCC1)NC1CCN(CC(F)(F)F)C1. The molecule has 2 heterocycles. The third-order valence-corrected chi connectivity index (χ3v) is 5.62. The molecule has 0 aliphatic carbocycles. The molecule has 6 nitrogen and oxygen atoms in total. The number of halogens is 3. The first kappa shape index (κ1) is 22.8. The van der Waals surface area contributed by atoms with Crippen LogP contribution in [0.25, 0.3) is 0 Å². The minimum Gasteiger partial charge on any atom is -0.379 e. The highest BCUT2D eigenvalue weighted by Gasteiger charge is 2.34. The lowest BCUT2D eigenvalue weighted by atomic mass is 10.0. The van der Waals surface area contributed by atoms with Crippen LogP contribution in [0.5, 0.6) is 0 Å². The molecule has 2 saturated heterocycles. The van der Waals surface area contributed by atoms with Crippen molar-refractivity contribution in [3.63, 3.8) is 0 Å². The second kappa shape index (κ2) is 10.5. The maximum Gasteiger partial charge on any atom is 0.401 e. The van der Waals surface area contributed by atoms with E-state index in [1.807, 2.05) is 0 Å². The minimum atomic E-state index is -4.16. The van der Waals surface area contributed by atoms with E-state index in [1.165, 1.54) is 16.0 Å². The molecule has 2 fully saturated rings. The maximum atomic E-state index is 12.6. The number of nitrogens with zero attached hydrogens (tertiary/aromatic N) is 3. The van der Waals surface area contributed by atoms with Gasteiger partial charge in [0.1, 0.15) is 0 Å². The Morgan fingerprint density at radius 3 is 2.70 bits per heavy atom. The Kier molecular flexibility index (Phi) is 7.96. The molecule has 30 heavy (non-hydrogen) atoms. The van der Waals surface area contributed by atoms with Gasteiger partial charge in [0.05, 0.1) is 25.8 Å². The summed E-state index contributed by atoms with van der Waals surface area (Å²) >= 11 is 0. The molecular formula is C21H32F3N5O. The molecule has 0 bridgehead atoms. The van der Waals surface area contributed by atoms with Crippen LogP contribution in [0.4, 0.5) is 13.2 Å². The monoisotopic (exact) mass is 427 g/mol. The largest absolute Gasteiger partial charge is 0.401 e. The molecule has 168 valence electrons. The summed E-state index contributed by atoms with van der Waals surface area (Å²) in [5, 5.41) is 6.68. The molecule has 1 aromatic carbocycles. The van der Waals surface area contributed by atoms with Crippen molar-refractivity contribution < 1.29 is 17.9 Å². The van der Waals surface area contributed by atoms with E-state index < -0.39 is 12.7 Å². The molecule has 0 saturated carbocycles. The molecular weight excluding hydrogens is 395 g/mol. The van der Waals surface area contributed by atoms with Crippen LogP contribution in [-0.2, 0) is 4.74 Å². The fraction of sp³-hybridized carbons (Fsp3) is 0.667. The van der Waals surface area contributed by atoms with Gasteiger partial charge in [0.25, 0.3) is 0 Å². The number of aryl methyl sites for hydroxylation is 1. The zero-order chi connectivity index (χ0) is 21.6. The van der Waals surface area contributed by atoms with Gasteiger partial charge in [-0.3, -0.25) is 14.8 Å². The van der Waals surface area contributed by atoms with Crippen molar-refractivity contribution in [1.29, 1.82) is 0 Å². The van der Waals surface area contributed by atoms with Crippen molar-refractivity contribution in [1.82, 2.24) is 20.4 Å². The number of alkyl halides is 3. The number of nitrogens with one attached hydrogen (secondary N) is 2. The third kappa shape index (κ3) is 6.85. The predicted octanol–water partition coefficient (Wildman–Crippen LogP) is 2.17. The summed E-state index contributed by atoms with van der Waals surface area (Å²) in [5.41, 5.74) is 2.45. The summed E-state index contributed by atoms with van der Waals surface area (Å²) in [7, 11) is 1.69. The van der Waals surface area contributed by atoms with E-state index in [2.05, 4.69) is 51.7 Å². The lowest BCUT2D eigenvalue weighted by molar-refractivity contribution is -0.143. The first-order valence-electron chi connectivity index (χ1n) is 10.5. The quantitative estimate of drug-likeness (QED) is 0.538. The second-order valence-electron chi connectivity index (χ2n) is 8.01. The van der Waals surface area contributed by atoms with Gasteiger partial charge in [0.15, 0.2) is 5.96 Å². The summed E-state index contributed by atoms with van der Waals surface area (Å²) in [6, 6.07) is 8.61. The van der Waals surface area contributed by atoms with E-state index in [0.29, 0.717) is 45.2 Å². The van der Waals surface area contributed by atoms with Gasteiger partial charge in [-0.05, 0) is 18.9 Å². The highest BCUT2D eigenvalue weighted by molar-refractivity contribution is 5.80. The molecule has 2 aliphatic rings. The number of benzene rings is 1. The summed E-state index contributed by atoms with van der Waals surface area (Å²) in [4.78, 5) is 8.13. The molecule has 1 aromatic rings. The standard InChI is InChI=1S/C21H32F3N5O/c1-16-4-3-5-17(12-16)19(29-8-10-30-11-9-29)13-26-20(25-2)27-18-6-7-28(14-18)15-21(22,23)24/h3-5,12,18-19H,6-11,13-15H2,1-2H3,(H2,25,26,27). The van der Waals surface area contributed by atoms with Gasteiger partial charge >= 0.3 is 6.18 Å². The Balaban J connectivity index is 1.58. The minimum absolute atomic E-state index is 0.0423. The molecule has 2 atom stereocenters. The number of aliphatic imine (C=N–C) groups is 1. The topological polar surface area (TPSA) is 52.1 Å². The highest BCUT2D eigenvalue weighted by atomic mass is 19.4. The van der Waals surface area contributed by atoms with Gasteiger partial charge in [-0.2, -0.15) is 13.2 Å². The molecule has 0 amide bonds. The van der Waals surface area contributed by atoms with Crippen molar-refractivity contribution in [3.8, 4) is 0 Å². The summed E-state index contributed by atoms with van der Waals surface area (Å²) < 4.78 is 43.4. The van der Waals surface area contributed by atoms with E-state index in [9.17, 15) is 13.2 Å². The number of ether oxygens (including phenoxy) is 1. The van der Waals surface area contributed by atoms with Crippen LogP contribution in [-0.4, -0.2) is 87.5 Å². The van der Waals surface area contributed by atoms with Gasteiger partial charge in [0, 0.05) is 45.8 Å². The van der Waals surface area contributed by atoms with E-state index in [1.54, 1.807) is 7.05 Å². The molecule has 2 unspecified atom stereocenters. The van der Waals surface area contributed by atoms with Crippen LogP contribution >= 0.6 is 0 Å². The molecule has 0 spiro atoms. The Hall–Kier alpha value is -1.84. The van der Waals surface area contributed by atoms with Crippen molar-refractivity contribution in [3.05, 3.63) is 35.4 Å². The number of hydrogen-bond donors (Lipinski definition) is 2. The number of rotatable bonds is 6. The van der Waals surface area contributed by atoms with Crippen LogP contribution in [0.2, 0.25) is 0 Å². The van der Waals surface area contributed by atoms with Gasteiger partial charge in [-0.15, -0.1) is 0 Å². The molecule has 2 aliphatic heterocycles. The van der Waals surface area contributed by atoms with E-state index in [-0.39, 0.29) is 12.1 Å². The molecule has 2 N–H and O–H groups in total. The smallest absolute Gasteiger partial charge is 0.379 e. The molecule has 9 heteroatoms. The fourth-order valence-electron chi connectivity index (χ4n) is 4.15. The Bertz CT molecular complexity index is 706. The lowest BCUT2D eigenvalue weighted by Crippen LogP contribution is -2.49. The van der Waals surface area contributed by atoms with Crippen molar-refractivity contribution in [2.75, 3.05) is 59.5 Å². The van der Waals surface area contributed by atoms with E-state index >= 15 is 0 Å². The highest BCUT2D eigenvalue weighted by Crippen LogP contribution is 2.23.